The lowest BCUT2D eigenvalue weighted by atomic mass is 10.0. The van der Waals surface area contributed by atoms with E-state index in [1.165, 1.54) is 0 Å². The Morgan fingerprint density at radius 3 is 2.42 bits per heavy atom. The first-order valence-electron chi connectivity index (χ1n) is 3.30. The number of benzene rings is 1. The van der Waals surface area contributed by atoms with Gasteiger partial charge in [0, 0.05) is 3.57 Å². The predicted octanol–water partition coefficient (Wildman–Crippen LogP) is 2.34. The van der Waals surface area contributed by atoms with E-state index in [2.05, 4.69) is 28.7 Å². The van der Waals surface area contributed by atoms with Gasteiger partial charge in [0.1, 0.15) is 6.07 Å². The minimum atomic E-state index is 0.576. The van der Waals surface area contributed by atoms with Gasteiger partial charge in [-0.1, -0.05) is 0 Å². The number of nitriles is 2. The molecular weight excluding hydrogens is 263 g/mol. The standard InChI is InChI=1S/C9H5IN2/c1-6-7(4-11)2-3-9(10)8(6)5-12/h2-3H,1H3. The summed E-state index contributed by atoms with van der Waals surface area (Å²) in [5.74, 6) is 0. The minimum Gasteiger partial charge on any atom is -0.192 e. The zero-order chi connectivity index (χ0) is 9.14. The average Bonchev–Trinajstić information content (AvgIpc) is 2.06. The third-order valence-electron chi connectivity index (χ3n) is 1.65. The first kappa shape index (κ1) is 9.02. The SMILES string of the molecule is Cc1c(C#N)ccc(I)c1C#N. The maximum absolute atomic E-state index is 8.76. The number of nitrogens with zero attached hydrogens (tertiary/aromatic N) is 2. The summed E-state index contributed by atoms with van der Waals surface area (Å²) in [6.07, 6.45) is 0. The van der Waals surface area contributed by atoms with Gasteiger partial charge in [0.2, 0.25) is 0 Å². The van der Waals surface area contributed by atoms with Gasteiger partial charge in [0.15, 0.2) is 0 Å². The smallest absolute Gasteiger partial charge is 0.101 e. The summed E-state index contributed by atoms with van der Waals surface area (Å²) in [5, 5.41) is 17.4. The van der Waals surface area contributed by atoms with Crippen LogP contribution in [0.25, 0.3) is 0 Å². The van der Waals surface area contributed by atoms with Crippen LogP contribution in [0.2, 0.25) is 0 Å². The van der Waals surface area contributed by atoms with E-state index in [4.69, 9.17) is 10.5 Å². The molecule has 0 heterocycles. The van der Waals surface area contributed by atoms with Gasteiger partial charge in [0.25, 0.3) is 0 Å². The summed E-state index contributed by atoms with van der Waals surface area (Å²) in [6, 6.07) is 7.64. The molecule has 0 aliphatic rings. The summed E-state index contributed by atoms with van der Waals surface area (Å²) in [5.41, 5.74) is 1.95. The molecule has 0 amide bonds. The van der Waals surface area contributed by atoms with Gasteiger partial charge in [0.05, 0.1) is 17.2 Å². The quantitative estimate of drug-likeness (QED) is 0.678. The van der Waals surface area contributed by atoms with E-state index in [1.54, 1.807) is 19.1 Å². The Balaban J connectivity index is 3.50. The van der Waals surface area contributed by atoms with Gasteiger partial charge >= 0.3 is 0 Å². The van der Waals surface area contributed by atoms with E-state index in [9.17, 15) is 0 Å². The van der Waals surface area contributed by atoms with Gasteiger partial charge < -0.3 is 0 Å². The molecule has 0 saturated heterocycles. The lowest BCUT2D eigenvalue weighted by molar-refractivity contribution is 1.33. The Hall–Kier alpha value is -1.07. The molecule has 12 heavy (non-hydrogen) atoms. The molecule has 0 spiro atoms. The van der Waals surface area contributed by atoms with Crippen LogP contribution in [-0.4, -0.2) is 0 Å². The fourth-order valence-electron chi connectivity index (χ4n) is 0.937. The summed E-state index contributed by atoms with van der Waals surface area (Å²) in [6.45, 7) is 1.79. The van der Waals surface area contributed by atoms with Crippen molar-refractivity contribution >= 4 is 22.6 Å². The van der Waals surface area contributed by atoms with E-state index in [0.717, 1.165) is 9.13 Å². The Labute approximate surface area is 84.6 Å². The van der Waals surface area contributed by atoms with Crippen LogP contribution in [0, 0.1) is 33.2 Å². The molecular formula is C9H5IN2. The first-order valence-corrected chi connectivity index (χ1v) is 4.38. The van der Waals surface area contributed by atoms with Crippen LogP contribution in [0.4, 0.5) is 0 Å². The van der Waals surface area contributed by atoms with Crippen LogP contribution < -0.4 is 0 Å². The topological polar surface area (TPSA) is 47.6 Å². The maximum Gasteiger partial charge on any atom is 0.101 e. The Morgan fingerprint density at radius 2 is 1.92 bits per heavy atom. The van der Waals surface area contributed by atoms with E-state index in [1.807, 2.05) is 6.07 Å². The zero-order valence-electron chi connectivity index (χ0n) is 6.43. The Morgan fingerprint density at radius 1 is 1.25 bits per heavy atom. The molecule has 0 unspecified atom stereocenters. The van der Waals surface area contributed by atoms with Gasteiger partial charge in [-0.15, -0.1) is 0 Å². The number of hydrogen-bond donors (Lipinski definition) is 0. The highest BCUT2D eigenvalue weighted by molar-refractivity contribution is 14.1. The molecule has 58 valence electrons. The van der Waals surface area contributed by atoms with Gasteiger partial charge in [-0.05, 0) is 47.2 Å². The molecule has 0 aliphatic heterocycles. The van der Waals surface area contributed by atoms with Crippen molar-refractivity contribution in [1.29, 1.82) is 10.5 Å². The highest BCUT2D eigenvalue weighted by Crippen LogP contribution is 2.18. The van der Waals surface area contributed by atoms with Gasteiger partial charge in [-0.2, -0.15) is 10.5 Å². The summed E-state index contributed by atoms with van der Waals surface area (Å²) in [7, 11) is 0. The third kappa shape index (κ3) is 1.41. The molecule has 0 fully saturated rings. The second-order valence-electron chi connectivity index (χ2n) is 2.32. The molecule has 0 aromatic heterocycles. The van der Waals surface area contributed by atoms with Crippen LogP contribution in [0.5, 0.6) is 0 Å². The average molecular weight is 268 g/mol. The van der Waals surface area contributed by atoms with Crippen molar-refractivity contribution in [1.82, 2.24) is 0 Å². The van der Waals surface area contributed by atoms with Gasteiger partial charge in [-0.3, -0.25) is 0 Å². The van der Waals surface area contributed by atoms with Crippen molar-refractivity contribution in [2.45, 2.75) is 6.92 Å². The van der Waals surface area contributed by atoms with Crippen LogP contribution in [-0.2, 0) is 0 Å². The lowest BCUT2D eigenvalue weighted by Crippen LogP contribution is -1.90. The number of rotatable bonds is 0. The fourth-order valence-corrected chi connectivity index (χ4v) is 1.64. The summed E-state index contributed by atoms with van der Waals surface area (Å²) in [4.78, 5) is 0. The molecule has 0 radical (unpaired) electrons. The van der Waals surface area contributed by atoms with Crippen molar-refractivity contribution in [2.24, 2.45) is 0 Å². The van der Waals surface area contributed by atoms with Crippen LogP contribution in [0.15, 0.2) is 12.1 Å². The normalized spacial score (nSPS) is 8.67. The number of hydrogen-bond acceptors (Lipinski definition) is 2. The third-order valence-corrected chi connectivity index (χ3v) is 2.55. The van der Waals surface area contributed by atoms with E-state index in [-0.39, 0.29) is 0 Å². The predicted molar refractivity (Wildman–Crippen MR) is 53.3 cm³/mol. The molecule has 0 aliphatic carbocycles. The van der Waals surface area contributed by atoms with E-state index >= 15 is 0 Å². The molecule has 2 nitrogen and oxygen atoms in total. The van der Waals surface area contributed by atoms with Crippen LogP contribution >= 0.6 is 22.6 Å². The highest BCUT2D eigenvalue weighted by atomic mass is 127. The Bertz CT molecular complexity index is 396. The second-order valence-corrected chi connectivity index (χ2v) is 3.48. The molecule has 0 bridgehead atoms. The van der Waals surface area contributed by atoms with Crippen molar-refractivity contribution in [3.05, 3.63) is 32.4 Å². The summed E-state index contributed by atoms with van der Waals surface area (Å²) < 4.78 is 0.895. The first-order chi connectivity index (χ1) is 5.70. The molecule has 0 saturated carbocycles. The van der Waals surface area contributed by atoms with E-state index in [0.29, 0.717) is 11.1 Å². The molecule has 0 atom stereocenters. The maximum atomic E-state index is 8.76. The van der Waals surface area contributed by atoms with Crippen molar-refractivity contribution < 1.29 is 0 Å². The zero-order valence-corrected chi connectivity index (χ0v) is 8.58. The molecule has 1 aromatic carbocycles. The summed E-state index contributed by atoms with van der Waals surface area (Å²) >= 11 is 2.09. The second kappa shape index (κ2) is 3.55. The number of halogens is 1. The van der Waals surface area contributed by atoms with Crippen molar-refractivity contribution in [3.63, 3.8) is 0 Å². The monoisotopic (exact) mass is 268 g/mol. The minimum absolute atomic E-state index is 0.576. The van der Waals surface area contributed by atoms with Crippen molar-refractivity contribution in [2.75, 3.05) is 0 Å². The van der Waals surface area contributed by atoms with Gasteiger partial charge in [-0.25, -0.2) is 0 Å². The highest BCUT2D eigenvalue weighted by Gasteiger charge is 2.06. The molecule has 1 rings (SSSR count). The molecule has 1 aromatic rings. The Kier molecular flexibility index (Phi) is 2.67. The van der Waals surface area contributed by atoms with E-state index < -0.39 is 0 Å². The van der Waals surface area contributed by atoms with Crippen LogP contribution in [0.3, 0.4) is 0 Å². The van der Waals surface area contributed by atoms with Crippen molar-refractivity contribution in [3.8, 4) is 12.1 Å². The molecule has 3 heteroatoms. The lowest BCUT2D eigenvalue weighted by Gasteiger charge is -2.00. The largest absolute Gasteiger partial charge is 0.192 e. The van der Waals surface area contributed by atoms with Crippen LogP contribution in [0.1, 0.15) is 16.7 Å². The fraction of sp³-hybridized carbons (Fsp3) is 0.111. The molecule has 0 N–H and O–H groups in total.